The standard InChI is InChI=1S/C23H31N3O3S/c1-3-24-23(25-14-18-8-12-20(13-9-18)17-30(2,27)28)26-15-21-6-4-5-7-22(21)29-16-19-10-11-19/h4-9,12-13,19H,3,10-11,14-17H2,1-2H3,(H2,24,25,26). The number of rotatable bonds is 10. The van der Waals surface area contributed by atoms with Crippen LogP contribution in [0.5, 0.6) is 5.75 Å². The van der Waals surface area contributed by atoms with Crippen molar-refractivity contribution < 1.29 is 13.2 Å². The van der Waals surface area contributed by atoms with Gasteiger partial charge in [-0.05, 0) is 42.9 Å². The second-order valence-corrected chi connectivity index (χ2v) is 9.94. The van der Waals surface area contributed by atoms with Gasteiger partial charge in [-0.3, -0.25) is 0 Å². The maximum atomic E-state index is 11.4. The average Bonchev–Trinajstić information content (AvgIpc) is 3.53. The molecule has 0 aromatic heterocycles. The third kappa shape index (κ3) is 7.71. The number of ether oxygens (including phenoxy) is 1. The molecule has 1 saturated carbocycles. The summed E-state index contributed by atoms with van der Waals surface area (Å²) in [6.07, 6.45) is 3.79. The second kappa shape index (κ2) is 10.5. The first-order chi connectivity index (χ1) is 14.4. The molecule has 1 aliphatic carbocycles. The van der Waals surface area contributed by atoms with Gasteiger partial charge in [-0.2, -0.15) is 0 Å². The van der Waals surface area contributed by atoms with Crippen LogP contribution in [0.2, 0.25) is 0 Å². The first kappa shape index (κ1) is 22.2. The molecule has 30 heavy (non-hydrogen) atoms. The summed E-state index contributed by atoms with van der Waals surface area (Å²) < 4.78 is 28.8. The van der Waals surface area contributed by atoms with Crippen LogP contribution in [0.15, 0.2) is 53.5 Å². The van der Waals surface area contributed by atoms with Gasteiger partial charge in [-0.15, -0.1) is 0 Å². The lowest BCUT2D eigenvalue weighted by atomic mass is 10.1. The van der Waals surface area contributed by atoms with E-state index >= 15 is 0 Å². The van der Waals surface area contributed by atoms with Crippen LogP contribution in [0.4, 0.5) is 0 Å². The van der Waals surface area contributed by atoms with E-state index in [1.807, 2.05) is 49.4 Å². The van der Waals surface area contributed by atoms with Crippen LogP contribution in [0.25, 0.3) is 0 Å². The molecule has 2 N–H and O–H groups in total. The zero-order chi connectivity index (χ0) is 21.4. The number of aliphatic imine (C=N–C) groups is 1. The Hall–Kier alpha value is -2.54. The van der Waals surface area contributed by atoms with Crippen LogP contribution in [0.1, 0.15) is 36.5 Å². The number of benzene rings is 2. The monoisotopic (exact) mass is 429 g/mol. The lowest BCUT2D eigenvalue weighted by molar-refractivity contribution is 0.296. The maximum absolute atomic E-state index is 11.4. The van der Waals surface area contributed by atoms with Crippen LogP contribution in [0.3, 0.4) is 0 Å². The molecule has 0 unspecified atom stereocenters. The summed E-state index contributed by atoms with van der Waals surface area (Å²) in [6, 6.07) is 15.6. The van der Waals surface area contributed by atoms with Crippen LogP contribution >= 0.6 is 0 Å². The molecule has 0 heterocycles. The molecule has 162 valence electrons. The number of para-hydroxylation sites is 1. The largest absolute Gasteiger partial charge is 0.493 e. The van der Waals surface area contributed by atoms with Crippen LogP contribution in [0, 0.1) is 5.92 Å². The van der Waals surface area contributed by atoms with E-state index in [-0.39, 0.29) is 5.75 Å². The normalized spacial score (nSPS) is 14.4. The Morgan fingerprint density at radius 3 is 2.43 bits per heavy atom. The van der Waals surface area contributed by atoms with Crippen molar-refractivity contribution in [1.82, 2.24) is 10.6 Å². The molecule has 1 fully saturated rings. The number of hydrogen-bond acceptors (Lipinski definition) is 4. The van der Waals surface area contributed by atoms with Crippen molar-refractivity contribution in [2.24, 2.45) is 10.9 Å². The topological polar surface area (TPSA) is 79.8 Å². The molecule has 0 spiro atoms. The highest BCUT2D eigenvalue weighted by molar-refractivity contribution is 7.89. The van der Waals surface area contributed by atoms with Gasteiger partial charge in [-0.25, -0.2) is 13.4 Å². The van der Waals surface area contributed by atoms with E-state index in [9.17, 15) is 8.42 Å². The van der Waals surface area contributed by atoms with Crippen LogP contribution < -0.4 is 15.4 Å². The Morgan fingerprint density at radius 1 is 1.07 bits per heavy atom. The van der Waals surface area contributed by atoms with Crippen LogP contribution in [-0.2, 0) is 28.7 Å². The van der Waals surface area contributed by atoms with Crippen molar-refractivity contribution in [2.45, 2.75) is 38.6 Å². The van der Waals surface area contributed by atoms with E-state index in [2.05, 4.69) is 21.7 Å². The summed E-state index contributed by atoms with van der Waals surface area (Å²) >= 11 is 0. The third-order valence-electron chi connectivity index (χ3n) is 4.81. The van der Waals surface area contributed by atoms with E-state index in [4.69, 9.17) is 4.74 Å². The zero-order valence-corrected chi connectivity index (χ0v) is 18.5. The Bertz CT molecular complexity index is 952. The van der Waals surface area contributed by atoms with Crippen LogP contribution in [-0.4, -0.2) is 33.8 Å². The average molecular weight is 430 g/mol. The highest BCUT2D eigenvalue weighted by Crippen LogP contribution is 2.30. The molecular formula is C23H31N3O3S. The van der Waals surface area contributed by atoms with Gasteiger partial charge in [0, 0.05) is 24.9 Å². The predicted molar refractivity (Wildman–Crippen MR) is 121 cm³/mol. The molecule has 0 aliphatic heterocycles. The lowest BCUT2D eigenvalue weighted by Crippen LogP contribution is -2.36. The number of sulfone groups is 1. The smallest absolute Gasteiger partial charge is 0.191 e. The molecule has 0 radical (unpaired) electrons. The Balaban J connectivity index is 1.58. The van der Waals surface area contributed by atoms with Gasteiger partial charge in [0.15, 0.2) is 15.8 Å². The molecule has 6 nitrogen and oxygen atoms in total. The summed E-state index contributed by atoms with van der Waals surface area (Å²) in [5.41, 5.74) is 2.92. The summed E-state index contributed by atoms with van der Waals surface area (Å²) in [5, 5.41) is 6.64. The van der Waals surface area contributed by atoms with Crippen molar-refractivity contribution >= 4 is 15.8 Å². The highest BCUT2D eigenvalue weighted by Gasteiger charge is 2.22. The molecule has 0 atom stereocenters. The summed E-state index contributed by atoms with van der Waals surface area (Å²) in [7, 11) is -3.02. The fourth-order valence-corrected chi connectivity index (χ4v) is 3.82. The number of nitrogens with zero attached hydrogens (tertiary/aromatic N) is 1. The second-order valence-electron chi connectivity index (χ2n) is 7.80. The van der Waals surface area contributed by atoms with E-state index < -0.39 is 9.84 Å². The molecule has 1 aliphatic rings. The van der Waals surface area contributed by atoms with Gasteiger partial charge < -0.3 is 15.4 Å². The molecule has 0 bridgehead atoms. The predicted octanol–water partition coefficient (Wildman–Crippen LogP) is 3.28. The highest BCUT2D eigenvalue weighted by atomic mass is 32.2. The Kier molecular flexibility index (Phi) is 7.74. The summed E-state index contributed by atoms with van der Waals surface area (Å²) in [4.78, 5) is 4.65. The zero-order valence-electron chi connectivity index (χ0n) is 17.7. The minimum Gasteiger partial charge on any atom is -0.493 e. The van der Waals surface area contributed by atoms with E-state index in [0.717, 1.165) is 41.6 Å². The Labute approximate surface area is 179 Å². The van der Waals surface area contributed by atoms with Gasteiger partial charge >= 0.3 is 0 Å². The number of nitrogens with one attached hydrogen (secondary N) is 2. The van der Waals surface area contributed by atoms with Crippen molar-refractivity contribution in [2.75, 3.05) is 19.4 Å². The third-order valence-corrected chi connectivity index (χ3v) is 5.66. The quantitative estimate of drug-likeness (QED) is 0.448. The maximum Gasteiger partial charge on any atom is 0.191 e. The first-order valence-electron chi connectivity index (χ1n) is 10.4. The van der Waals surface area contributed by atoms with Gasteiger partial charge in [-0.1, -0.05) is 42.5 Å². The molecule has 0 saturated heterocycles. The molecule has 0 amide bonds. The van der Waals surface area contributed by atoms with E-state index in [1.54, 1.807) is 0 Å². The van der Waals surface area contributed by atoms with Crippen molar-refractivity contribution in [3.63, 3.8) is 0 Å². The fourth-order valence-electron chi connectivity index (χ4n) is 3.02. The van der Waals surface area contributed by atoms with Crippen molar-refractivity contribution in [1.29, 1.82) is 0 Å². The fraction of sp³-hybridized carbons (Fsp3) is 0.435. The molecule has 3 rings (SSSR count). The SMILES string of the molecule is CCNC(=NCc1ccc(CS(C)(=O)=O)cc1)NCc1ccccc1OCC1CC1. The van der Waals surface area contributed by atoms with Gasteiger partial charge in [0.05, 0.1) is 18.9 Å². The van der Waals surface area contributed by atoms with E-state index in [0.29, 0.717) is 19.0 Å². The Morgan fingerprint density at radius 2 is 1.77 bits per heavy atom. The van der Waals surface area contributed by atoms with Gasteiger partial charge in [0.1, 0.15) is 5.75 Å². The lowest BCUT2D eigenvalue weighted by Gasteiger charge is -2.14. The molecule has 7 heteroatoms. The summed E-state index contributed by atoms with van der Waals surface area (Å²) in [6.45, 7) is 4.72. The summed E-state index contributed by atoms with van der Waals surface area (Å²) in [5.74, 6) is 2.43. The molecular weight excluding hydrogens is 398 g/mol. The van der Waals surface area contributed by atoms with E-state index in [1.165, 1.54) is 19.1 Å². The number of hydrogen-bond donors (Lipinski definition) is 2. The minimum absolute atomic E-state index is 0.0585. The van der Waals surface area contributed by atoms with Crippen molar-refractivity contribution in [3.05, 3.63) is 65.2 Å². The van der Waals surface area contributed by atoms with Crippen molar-refractivity contribution in [3.8, 4) is 5.75 Å². The molecule has 2 aromatic rings. The molecule has 2 aromatic carbocycles. The number of guanidine groups is 1. The first-order valence-corrected chi connectivity index (χ1v) is 12.5. The van der Waals surface area contributed by atoms with Gasteiger partial charge in [0.2, 0.25) is 0 Å². The van der Waals surface area contributed by atoms with Gasteiger partial charge in [0.25, 0.3) is 0 Å². The minimum atomic E-state index is -3.02.